The van der Waals surface area contributed by atoms with E-state index in [4.69, 9.17) is 10.5 Å². The molecule has 27 heavy (non-hydrogen) atoms. The average molecular weight is 359 g/mol. The molecule has 0 fully saturated rings. The van der Waals surface area contributed by atoms with Crippen LogP contribution in [0.25, 0.3) is 11.1 Å². The number of aromatic nitrogens is 1. The number of aryl methyl sites for hydroxylation is 1. The predicted molar refractivity (Wildman–Crippen MR) is 106 cm³/mol. The summed E-state index contributed by atoms with van der Waals surface area (Å²) < 4.78 is 5.61. The molecule has 0 unspecified atom stereocenters. The number of anilines is 2. The zero-order chi connectivity index (χ0) is 18.8. The summed E-state index contributed by atoms with van der Waals surface area (Å²) >= 11 is 0. The van der Waals surface area contributed by atoms with E-state index in [0.717, 1.165) is 27.9 Å². The quantitative estimate of drug-likeness (QED) is 0.774. The van der Waals surface area contributed by atoms with Crippen molar-refractivity contribution in [2.75, 3.05) is 17.2 Å². The number of rotatable bonds is 3. The molecule has 0 bridgehead atoms. The molecule has 0 spiro atoms. The minimum absolute atomic E-state index is 0.0322. The highest BCUT2D eigenvalue weighted by molar-refractivity contribution is 5.96. The number of nitrogens with zero attached hydrogens (tertiary/aromatic N) is 2. The fourth-order valence-electron chi connectivity index (χ4n) is 3.28. The largest absolute Gasteiger partial charge is 0.384 e. The fraction of sp³-hybridized carbons (Fsp3) is 0.182. The van der Waals surface area contributed by atoms with Gasteiger partial charge in [0.1, 0.15) is 12.4 Å². The first-order valence-electron chi connectivity index (χ1n) is 8.88. The van der Waals surface area contributed by atoms with E-state index in [9.17, 15) is 4.79 Å². The number of benzene rings is 2. The van der Waals surface area contributed by atoms with Gasteiger partial charge in [-0.2, -0.15) is 0 Å². The Kier molecular flexibility index (Phi) is 4.60. The molecule has 1 amide bonds. The van der Waals surface area contributed by atoms with Crippen molar-refractivity contribution in [2.24, 2.45) is 0 Å². The maximum absolute atomic E-state index is 12.6. The highest BCUT2D eigenvalue weighted by atomic mass is 16.5. The van der Waals surface area contributed by atoms with Crippen LogP contribution in [0.5, 0.6) is 0 Å². The van der Waals surface area contributed by atoms with Crippen molar-refractivity contribution in [3.8, 4) is 11.1 Å². The molecule has 0 saturated heterocycles. The van der Waals surface area contributed by atoms with Crippen molar-refractivity contribution < 1.29 is 9.53 Å². The van der Waals surface area contributed by atoms with Gasteiger partial charge in [-0.15, -0.1) is 0 Å². The highest BCUT2D eigenvalue weighted by Gasteiger charge is 2.23. The summed E-state index contributed by atoms with van der Waals surface area (Å²) in [5.41, 5.74) is 12.0. The summed E-state index contributed by atoms with van der Waals surface area (Å²) in [6, 6.07) is 18.1. The van der Waals surface area contributed by atoms with E-state index < -0.39 is 0 Å². The van der Waals surface area contributed by atoms with E-state index in [2.05, 4.69) is 42.2 Å². The van der Waals surface area contributed by atoms with Gasteiger partial charge in [0, 0.05) is 17.4 Å². The summed E-state index contributed by atoms with van der Waals surface area (Å²) in [5, 5.41) is 0. The van der Waals surface area contributed by atoms with Gasteiger partial charge in [0.15, 0.2) is 0 Å². The molecular formula is C22H21N3O2. The minimum atomic E-state index is -0.0322. The van der Waals surface area contributed by atoms with Crippen molar-refractivity contribution in [1.82, 2.24) is 4.98 Å². The lowest BCUT2D eigenvalue weighted by molar-refractivity contribution is -0.123. The second kappa shape index (κ2) is 7.21. The molecule has 2 heterocycles. The third kappa shape index (κ3) is 3.68. The Bertz CT molecular complexity index is 983. The number of nitrogens with two attached hydrogens (primary N) is 1. The zero-order valence-electron chi connectivity index (χ0n) is 15.2. The van der Waals surface area contributed by atoms with Crippen LogP contribution in [-0.2, 0) is 22.7 Å². The van der Waals surface area contributed by atoms with Crippen LogP contribution in [0, 0.1) is 6.92 Å². The Balaban J connectivity index is 1.70. The standard InChI is InChI=1S/C22H21N3O2/c1-15-2-4-16(5-3-15)12-25-20-7-6-17(18-8-9-24-21(23)11-18)10-19(20)13-27-14-22(25)26/h2-11H,12-14H2,1H3,(H2,23,24). The monoisotopic (exact) mass is 359 g/mol. The van der Waals surface area contributed by atoms with Gasteiger partial charge in [-0.05, 0) is 47.9 Å². The van der Waals surface area contributed by atoms with E-state index in [1.807, 2.05) is 24.3 Å². The van der Waals surface area contributed by atoms with Crippen molar-refractivity contribution in [2.45, 2.75) is 20.1 Å². The predicted octanol–water partition coefficient (Wildman–Crippen LogP) is 3.70. The van der Waals surface area contributed by atoms with Gasteiger partial charge in [0.2, 0.25) is 0 Å². The van der Waals surface area contributed by atoms with Gasteiger partial charge in [-0.1, -0.05) is 35.9 Å². The summed E-state index contributed by atoms with van der Waals surface area (Å²) in [5.74, 6) is 0.449. The normalized spacial score (nSPS) is 14.0. The number of fused-ring (bicyclic) bond motifs is 1. The summed E-state index contributed by atoms with van der Waals surface area (Å²) in [7, 11) is 0. The lowest BCUT2D eigenvalue weighted by atomic mass is 10.0. The highest BCUT2D eigenvalue weighted by Crippen LogP contribution is 2.31. The molecule has 1 aromatic heterocycles. The Morgan fingerprint density at radius 1 is 1.04 bits per heavy atom. The summed E-state index contributed by atoms with van der Waals surface area (Å²) in [4.78, 5) is 18.5. The van der Waals surface area contributed by atoms with Crippen molar-refractivity contribution in [3.05, 3.63) is 77.5 Å². The van der Waals surface area contributed by atoms with Crippen LogP contribution < -0.4 is 10.6 Å². The van der Waals surface area contributed by atoms with Gasteiger partial charge in [-0.25, -0.2) is 4.98 Å². The second-order valence-corrected chi connectivity index (χ2v) is 6.77. The van der Waals surface area contributed by atoms with Gasteiger partial charge in [0.25, 0.3) is 5.91 Å². The second-order valence-electron chi connectivity index (χ2n) is 6.77. The van der Waals surface area contributed by atoms with Gasteiger partial charge in [0.05, 0.1) is 13.2 Å². The lowest BCUT2D eigenvalue weighted by Crippen LogP contribution is -2.32. The molecule has 0 saturated carbocycles. The molecule has 2 aromatic carbocycles. The molecule has 1 aliphatic heterocycles. The van der Waals surface area contributed by atoms with E-state index in [1.54, 1.807) is 11.1 Å². The molecule has 4 rings (SSSR count). The number of carbonyl (C=O) groups excluding carboxylic acids is 1. The van der Waals surface area contributed by atoms with Gasteiger partial charge in [-0.3, -0.25) is 4.79 Å². The van der Waals surface area contributed by atoms with Crippen LogP contribution in [0.1, 0.15) is 16.7 Å². The smallest absolute Gasteiger partial charge is 0.253 e. The van der Waals surface area contributed by atoms with E-state index >= 15 is 0 Å². The SMILES string of the molecule is Cc1ccc(CN2C(=O)COCc3cc(-c4ccnc(N)c4)ccc32)cc1. The Morgan fingerprint density at radius 2 is 1.81 bits per heavy atom. The molecule has 2 N–H and O–H groups in total. The number of ether oxygens (including phenoxy) is 1. The Labute approximate surface area is 158 Å². The molecule has 0 aliphatic carbocycles. The first kappa shape index (κ1) is 17.2. The lowest BCUT2D eigenvalue weighted by Gasteiger charge is -2.23. The van der Waals surface area contributed by atoms with Crippen LogP contribution in [0.4, 0.5) is 11.5 Å². The molecule has 0 atom stereocenters. The van der Waals surface area contributed by atoms with Crippen LogP contribution >= 0.6 is 0 Å². The van der Waals surface area contributed by atoms with E-state index in [-0.39, 0.29) is 12.5 Å². The van der Waals surface area contributed by atoms with Crippen LogP contribution in [0.3, 0.4) is 0 Å². The molecular weight excluding hydrogens is 338 g/mol. The third-order valence-electron chi connectivity index (χ3n) is 4.73. The Hall–Kier alpha value is -3.18. The minimum Gasteiger partial charge on any atom is -0.384 e. The van der Waals surface area contributed by atoms with Crippen molar-refractivity contribution in [3.63, 3.8) is 0 Å². The summed E-state index contributed by atoms with van der Waals surface area (Å²) in [6.45, 7) is 3.06. The maximum Gasteiger partial charge on any atom is 0.253 e. The van der Waals surface area contributed by atoms with Gasteiger partial charge < -0.3 is 15.4 Å². The molecule has 5 heteroatoms. The average Bonchev–Trinajstić information content (AvgIpc) is 2.82. The summed E-state index contributed by atoms with van der Waals surface area (Å²) in [6.07, 6.45) is 1.69. The number of amides is 1. The molecule has 136 valence electrons. The first-order chi connectivity index (χ1) is 13.1. The van der Waals surface area contributed by atoms with Crippen molar-refractivity contribution in [1.29, 1.82) is 0 Å². The van der Waals surface area contributed by atoms with Crippen molar-refractivity contribution >= 4 is 17.4 Å². The topological polar surface area (TPSA) is 68.5 Å². The first-order valence-corrected chi connectivity index (χ1v) is 8.88. The number of carbonyl (C=O) groups is 1. The van der Waals surface area contributed by atoms with Crippen LogP contribution in [0.2, 0.25) is 0 Å². The van der Waals surface area contributed by atoms with Crippen LogP contribution in [0.15, 0.2) is 60.8 Å². The number of hydrogen-bond acceptors (Lipinski definition) is 4. The van der Waals surface area contributed by atoms with E-state index in [1.165, 1.54) is 5.56 Å². The number of hydrogen-bond donors (Lipinski definition) is 1. The maximum atomic E-state index is 12.6. The number of pyridine rings is 1. The van der Waals surface area contributed by atoms with Gasteiger partial charge >= 0.3 is 0 Å². The molecule has 3 aromatic rings. The van der Waals surface area contributed by atoms with E-state index in [0.29, 0.717) is 19.0 Å². The van der Waals surface area contributed by atoms with Crippen LogP contribution in [-0.4, -0.2) is 17.5 Å². The fourth-order valence-corrected chi connectivity index (χ4v) is 3.28. The number of nitrogen functional groups attached to an aromatic ring is 1. The molecule has 1 aliphatic rings. The Morgan fingerprint density at radius 3 is 2.59 bits per heavy atom. The molecule has 0 radical (unpaired) electrons. The third-order valence-corrected chi connectivity index (χ3v) is 4.73. The zero-order valence-corrected chi connectivity index (χ0v) is 15.2. The molecule has 5 nitrogen and oxygen atoms in total.